The van der Waals surface area contributed by atoms with Gasteiger partial charge >= 0.3 is 5.97 Å². The van der Waals surface area contributed by atoms with Crippen molar-refractivity contribution in [1.82, 2.24) is 4.98 Å². The molecule has 4 aromatic carbocycles. The molecule has 0 saturated heterocycles. The fraction of sp³-hybridized carbons (Fsp3) is 0.0938. The summed E-state index contributed by atoms with van der Waals surface area (Å²) < 4.78 is 5.89. The second-order valence-electron chi connectivity index (χ2n) is 8.99. The minimum absolute atomic E-state index is 0.130. The third-order valence-corrected chi connectivity index (χ3v) is 6.52. The lowest BCUT2D eigenvalue weighted by molar-refractivity contribution is -0.384. The molecule has 7 heteroatoms. The number of benzene rings is 4. The van der Waals surface area contributed by atoms with Crippen LogP contribution in [0.2, 0.25) is 0 Å². The normalized spacial score (nSPS) is 11.6. The number of rotatable bonds is 8. The third-order valence-electron chi connectivity index (χ3n) is 6.52. The Labute approximate surface area is 224 Å². The maximum atomic E-state index is 13.7. The number of Topliss-reactive ketones (excluding diaryl/α,β-unsaturated/α-hetero) is 1. The molecule has 1 atom stereocenters. The largest absolute Gasteiger partial charge is 0.445 e. The Balaban J connectivity index is 1.56. The lowest BCUT2D eigenvalue weighted by atomic mass is 9.99. The van der Waals surface area contributed by atoms with Crippen molar-refractivity contribution in [3.63, 3.8) is 0 Å². The van der Waals surface area contributed by atoms with Crippen molar-refractivity contribution >= 4 is 28.3 Å². The van der Waals surface area contributed by atoms with E-state index < -0.39 is 22.8 Å². The zero-order chi connectivity index (χ0) is 27.4. The number of ketones is 1. The van der Waals surface area contributed by atoms with Crippen LogP contribution < -0.4 is 0 Å². The molecule has 1 aromatic heterocycles. The van der Waals surface area contributed by atoms with Gasteiger partial charge in [-0.05, 0) is 36.2 Å². The predicted octanol–water partition coefficient (Wildman–Crippen LogP) is 7.15. The summed E-state index contributed by atoms with van der Waals surface area (Å²) in [6, 6.07) is 30.8. The number of hydrogen-bond donors (Lipinski definition) is 0. The van der Waals surface area contributed by atoms with Crippen molar-refractivity contribution in [2.45, 2.75) is 19.4 Å². The molecule has 7 nitrogen and oxygen atoms in total. The summed E-state index contributed by atoms with van der Waals surface area (Å²) >= 11 is 0. The average Bonchev–Trinajstić information content (AvgIpc) is 2.99. The molecule has 0 unspecified atom stereocenters. The first-order valence-corrected chi connectivity index (χ1v) is 12.5. The van der Waals surface area contributed by atoms with Gasteiger partial charge in [0.05, 0.1) is 21.7 Å². The van der Waals surface area contributed by atoms with Crippen LogP contribution >= 0.6 is 0 Å². The lowest BCUT2D eigenvalue weighted by Gasteiger charge is -2.18. The van der Waals surface area contributed by atoms with E-state index in [1.807, 2.05) is 36.4 Å². The number of aromatic nitrogens is 1. The van der Waals surface area contributed by atoms with E-state index in [-0.39, 0.29) is 11.3 Å². The Morgan fingerprint density at radius 1 is 0.872 bits per heavy atom. The second-order valence-corrected chi connectivity index (χ2v) is 8.99. The van der Waals surface area contributed by atoms with Gasteiger partial charge in [0.1, 0.15) is 0 Å². The van der Waals surface area contributed by atoms with E-state index in [9.17, 15) is 19.7 Å². The number of hydrogen-bond acceptors (Lipinski definition) is 6. The van der Waals surface area contributed by atoms with E-state index in [0.29, 0.717) is 27.7 Å². The number of esters is 1. The van der Waals surface area contributed by atoms with E-state index in [0.717, 1.165) is 12.0 Å². The Morgan fingerprint density at radius 3 is 2.21 bits per heavy atom. The summed E-state index contributed by atoms with van der Waals surface area (Å²) in [6.45, 7) is 2.08. The van der Waals surface area contributed by atoms with Crippen LogP contribution in [0.1, 0.15) is 44.9 Å². The molecule has 0 aliphatic rings. The summed E-state index contributed by atoms with van der Waals surface area (Å²) in [5.74, 6) is -1.14. The Morgan fingerprint density at radius 2 is 1.54 bits per heavy atom. The standard InChI is InChI=1S/C32H24N2O5/c1-2-21-12-14-22(15-13-21)29-20-27(26-10-6-7-11-28(26)33-29)32(36)39-31(30(35)23-8-4-3-5-9-23)24-16-18-25(19-17-24)34(37)38/h3-20,31H,2H2,1H3/t31-/m0/s1. The Hall–Kier alpha value is -5.17. The van der Waals surface area contributed by atoms with Gasteiger partial charge in [-0.1, -0.05) is 79.7 Å². The van der Waals surface area contributed by atoms with Crippen LogP contribution in [0.4, 0.5) is 5.69 Å². The molecule has 5 aromatic rings. The van der Waals surface area contributed by atoms with Gasteiger partial charge in [-0.2, -0.15) is 0 Å². The van der Waals surface area contributed by atoms with Gasteiger partial charge in [0.25, 0.3) is 5.69 Å². The maximum absolute atomic E-state index is 13.7. The minimum Gasteiger partial charge on any atom is -0.445 e. The number of nitro benzene ring substituents is 1. The van der Waals surface area contributed by atoms with Crippen LogP contribution in [0.15, 0.2) is 109 Å². The van der Waals surface area contributed by atoms with E-state index in [1.165, 1.54) is 29.8 Å². The molecule has 5 rings (SSSR count). The van der Waals surface area contributed by atoms with Gasteiger partial charge in [-0.25, -0.2) is 9.78 Å². The molecule has 0 saturated carbocycles. The minimum atomic E-state index is -1.31. The first kappa shape index (κ1) is 25.5. The number of fused-ring (bicyclic) bond motifs is 1. The molecule has 39 heavy (non-hydrogen) atoms. The summed E-state index contributed by atoms with van der Waals surface area (Å²) in [4.78, 5) is 42.6. The molecule has 0 N–H and O–H groups in total. The number of nitrogens with zero attached hydrogens (tertiary/aromatic N) is 2. The average molecular weight is 517 g/mol. The Bertz CT molecular complexity index is 1660. The smallest absolute Gasteiger partial charge is 0.339 e. The molecular weight excluding hydrogens is 492 g/mol. The van der Waals surface area contributed by atoms with Crippen LogP contribution in [0.5, 0.6) is 0 Å². The van der Waals surface area contributed by atoms with Crippen LogP contribution in [-0.4, -0.2) is 21.7 Å². The number of pyridine rings is 1. The molecule has 0 fully saturated rings. The van der Waals surface area contributed by atoms with Crippen molar-refractivity contribution in [2.75, 3.05) is 0 Å². The number of carbonyl (C=O) groups is 2. The van der Waals surface area contributed by atoms with Crippen molar-refractivity contribution in [3.8, 4) is 11.3 Å². The molecule has 0 spiro atoms. The topological polar surface area (TPSA) is 99.4 Å². The van der Waals surface area contributed by atoms with Crippen molar-refractivity contribution in [3.05, 3.63) is 142 Å². The van der Waals surface area contributed by atoms with Crippen LogP contribution in [0.3, 0.4) is 0 Å². The van der Waals surface area contributed by atoms with E-state index >= 15 is 0 Å². The van der Waals surface area contributed by atoms with E-state index in [1.54, 1.807) is 48.5 Å². The van der Waals surface area contributed by atoms with E-state index in [2.05, 4.69) is 6.92 Å². The van der Waals surface area contributed by atoms with Gasteiger partial charge in [-0.3, -0.25) is 14.9 Å². The van der Waals surface area contributed by atoms with Crippen LogP contribution in [-0.2, 0) is 11.2 Å². The maximum Gasteiger partial charge on any atom is 0.339 e. The predicted molar refractivity (Wildman–Crippen MR) is 149 cm³/mol. The summed E-state index contributed by atoms with van der Waals surface area (Å²) in [7, 11) is 0. The molecular formula is C32H24N2O5. The highest BCUT2D eigenvalue weighted by Gasteiger charge is 2.28. The van der Waals surface area contributed by atoms with Crippen molar-refractivity contribution in [2.24, 2.45) is 0 Å². The first-order valence-electron chi connectivity index (χ1n) is 12.5. The highest BCUT2D eigenvalue weighted by atomic mass is 16.6. The number of aryl methyl sites for hydroxylation is 1. The molecule has 0 aliphatic heterocycles. The molecule has 0 aliphatic carbocycles. The number of para-hydroxylation sites is 1. The third kappa shape index (κ3) is 5.43. The fourth-order valence-corrected chi connectivity index (χ4v) is 4.37. The molecule has 0 bridgehead atoms. The highest BCUT2D eigenvalue weighted by molar-refractivity contribution is 6.07. The SMILES string of the molecule is CCc1ccc(-c2cc(C(=O)O[C@H](C(=O)c3ccccc3)c3ccc([N+](=O)[O-])cc3)c3ccccc3n2)cc1. The fourth-order valence-electron chi connectivity index (χ4n) is 4.37. The second kappa shape index (κ2) is 11.1. The zero-order valence-corrected chi connectivity index (χ0v) is 21.1. The summed E-state index contributed by atoms with van der Waals surface area (Å²) in [5.41, 5.74) is 4.07. The highest BCUT2D eigenvalue weighted by Crippen LogP contribution is 2.30. The van der Waals surface area contributed by atoms with Crippen molar-refractivity contribution < 1.29 is 19.2 Å². The van der Waals surface area contributed by atoms with Crippen LogP contribution in [0, 0.1) is 10.1 Å². The van der Waals surface area contributed by atoms with Gasteiger partial charge in [0.15, 0.2) is 6.10 Å². The first-order chi connectivity index (χ1) is 18.9. The number of carbonyl (C=O) groups excluding carboxylic acids is 2. The van der Waals surface area contributed by atoms with Crippen LogP contribution in [0.25, 0.3) is 22.2 Å². The summed E-state index contributed by atoms with van der Waals surface area (Å²) in [5, 5.41) is 11.7. The molecule has 0 amide bonds. The zero-order valence-electron chi connectivity index (χ0n) is 21.1. The van der Waals surface area contributed by atoms with Crippen molar-refractivity contribution in [1.29, 1.82) is 0 Å². The number of ether oxygens (including phenoxy) is 1. The molecule has 1 heterocycles. The molecule has 192 valence electrons. The number of nitro groups is 1. The number of non-ortho nitro benzene ring substituents is 1. The van der Waals surface area contributed by atoms with Gasteiger partial charge in [0.2, 0.25) is 5.78 Å². The quantitative estimate of drug-likeness (QED) is 0.0939. The molecule has 0 radical (unpaired) electrons. The van der Waals surface area contributed by atoms with E-state index in [4.69, 9.17) is 9.72 Å². The van der Waals surface area contributed by atoms with Gasteiger partial charge < -0.3 is 4.74 Å². The lowest BCUT2D eigenvalue weighted by Crippen LogP contribution is -2.20. The van der Waals surface area contributed by atoms with Gasteiger partial charge in [0, 0.05) is 34.2 Å². The monoisotopic (exact) mass is 516 g/mol. The summed E-state index contributed by atoms with van der Waals surface area (Å²) in [6.07, 6.45) is -0.400. The Kier molecular flexibility index (Phi) is 7.23. The van der Waals surface area contributed by atoms with Gasteiger partial charge in [-0.15, -0.1) is 0 Å².